The van der Waals surface area contributed by atoms with E-state index in [4.69, 9.17) is 4.42 Å². The van der Waals surface area contributed by atoms with Crippen molar-refractivity contribution in [2.75, 3.05) is 0 Å². The minimum absolute atomic E-state index is 0.0351. The highest BCUT2D eigenvalue weighted by Gasteiger charge is 2.05. The molecule has 3 rings (SSSR count). The lowest BCUT2D eigenvalue weighted by atomic mass is 9.73. The number of rotatable bonds is 4. The summed E-state index contributed by atoms with van der Waals surface area (Å²) in [4.78, 5) is 22.4. The van der Waals surface area contributed by atoms with E-state index in [9.17, 15) is 14.9 Å². The van der Waals surface area contributed by atoms with Crippen LogP contribution in [0, 0.1) is 10.1 Å². The molecule has 6 heteroatoms. The van der Waals surface area contributed by atoms with Gasteiger partial charge in [0.05, 0.1) is 10.3 Å². The first kappa shape index (κ1) is 15.7. The third kappa shape index (κ3) is 3.27. The lowest BCUT2D eigenvalue weighted by molar-refractivity contribution is -0.384. The normalized spacial score (nSPS) is 11.0. The van der Waals surface area contributed by atoms with Gasteiger partial charge in [-0.3, -0.25) is 14.9 Å². The van der Waals surface area contributed by atoms with E-state index in [1.807, 2.05) is 20.2 Å². The molecular formula is C18H13BNO4. The third-order valence-electron chi connectivity index (χ3n) is 3.65. The quantitative estimate of drug-likeness (QED) is 0.420. The van der Waals surface area contributed by atoms with E-state index in [1.165, 1.54) is 18.2 Å². The van der Waals surface area contributed by atoms with Crippen LogP contribution in [0.15, 0.2) is 57.7 Å². The van der Waals surface area contributed by atoms with Crippen LogP contribution in [-0.2, 0) is 0 Å². The topological polar surface area (TPSA) is 73.3 Å². The fourth-order valence-corrected chi connectivity index (χ4v) is 2.34. The minimum Gasteiger partial charge on any atom is -0.456 e. The molecule has 0 saturated heterocycles. The number of benzene rings is 2. The Bertz CT molecular complexity index is 990. The molecule has 117 valence electrons. The number of hydrogen-bond donors (Lipinski definition) is 0. The monoisotopic (exact) mass is 318 g/mol. The van der Waals surface area contributed by atoms with Gasteiger partial charge in [-0.1, -0.05) is 30.5 Å². The highest BCUT2D eigenvalue weighted by atomic mass is 16.6. The fraction of sp³-hybridized carbons (Fsp3) is 0.0556. The summed E-state index contributed by atoms with van der Waals surface area (Å²) in [6, 6.07) is 13.0. The molecule has 24 heavy (non-hydrogen) atoms. The van der Waals surface area contributed by atoms with Gasteiger partial charge in [0.25, 0.3) is 5.69 Å². The summed E-state index contributed by atoms with van der Waals surface area (Å²) in [7, 11) is 1.92. The molecule has 2 aromatic carbocycles. The molecule has 0 saturated carbocycles. The van der Waals surface area contributed by atoms with Gasteiger partial charge >= 0.3 is 0 Å². The van der Waals surface area contributed by atoms with Crippen molar-refractivity contribution < 1.29 is 9.34 Å². The van der Waals surface area contributed by atoms with Crippen LogP contribution in [-0.4, -0.2) is 12.2 Å². The molecule has 0 atom stereocenters. The number of hydrogen-bond acceptors (Lipinski definition) is 4. The second-order valence-electron chi connectivity index (χ2n) is 5.24. The molecule has 0 aliphatic carbocycles. The van der Waals surface area contributed by atoms with Crippen molar-refractivity contribution in [2.24, 2.45) is 0 Å². The highest BCUT2D eigenvalue weighted by molar-refractivity contribution is 6.52. The van der Waals surface area contributed by atoms with E-state index < -0.39 is 4.92 Å². The Balaban J connectivity index is 1.92. The molecule has 0 bridgehead atoms. The maximum Gasteiger partial charge on any atom is 0.269 e. The van der Waals surface area contributed by atoms with Gasteiger partial charge in [-0.15, -0.1) is 0 Å². The molecule has 5 nitrogen and oxygen atoms in total. The molecule has 0 spiro atoms. The first-order valence-corrected chi connectivity index (χ1v) is 7.36. The summed E-state index contributed by atoms with van der Waals surface area (Å²) in [5.74, 6) is 0.430. The predicted octanol–water partition coefficient (Wildman–Crippen LogP) is 3.25. The summed E-state index contributed by atoms with van der Waals surface area (Å²) in [5, 5.41) is 11.2. The van der Waals surface area contributed by atoms with Gasteiger partial charge in [0.2, 0.25) is 0 Å². The van der Waals surface area contributed by atoms with Gasteiger partial charge in [0, 0.05) is 18.2 Å². The van der Waals surface area contributed by atoms with Crippen LogP contribution in [0.2, 0.25) is 6.82 Å². The van der Waals surface area contributed by atoms with Gasteiger partial charge in [-0.25, -0.2) is 0 Å². The van der Waals surface area contributed by atoms with Crippen molar-refractivity contribution in [1.29, 1.82) is 0 Å². The van der Waals surface area contributed by atoms with E-state index in [0.717, 1.165) is 11.0 Å². The Kier molecular flexibility index (Phi) is 4.29. The van der Waals surface area contributed by atoms with E-state index in [1.54, 1.807) is 36.4 Å². The van der Waals surface area contributed by atoms with Crippen LogP contribution < -0.4 is 10.9 Å². The van der Waals surface area contributed by atoms with E-state index in [2.05, 4.69) is 0 Å². The van der Waals surface area contributed by atoms with Crippen molar-refractivity contribution >= 4 is 41.6 Å². The van der Waals surface area contributed by atoms with Crippen LogP contribution in [0.25, 0.3) is 23.1 Å². The number of fused-ring (bicyclic) bond motifs is 1. The first-order chi connectivity index (χ1) is 11.6. The minimum atomic E-state index is -0.447. The zero-order valence-corrected chi connectivity index (χ0v) is 12.9. The van der Waals surface area contributed by atoms with Crippen LogP contribution in [0.5, 0.6) is 0 Å². The Hall–Kier alpha value is -3.15. The summed E-state index contributed by atoms with van der Waals surface area (Å²) >= 11 is 0. The van der Waals surface area contributed by atoms with E-state index in [-0.39, 0.29) is 11.1 Å². The Morgan fingerprint density at radius 3 is 2.50 bits per heavy atom. The van der Waals surface area contributed by atoms with Crippen LogP contribution >= 0.6 is 0 Å². The SMILES string of the molecule is C[B]c1ccc2oc(/C=C/c3ccc([N+](=O)[O-])cc3)cc(=O)c2c1. The van der Waals surface area contributed by atoms with Crippen molar-refractivity contribution in [3.05, 3.63) is 80.2 Å². The molecule has 0 unspecified atom stereocenters. The summed E-state index contributed by atoms with van der Waals surface area (Å²) < 4.78 is 5.72. The molecule has 0 N–H and O–H groups in total. The van der Waals surface area contributed by atoms with E-state index in [0.29, 0.717) is 16.7 Å². The van der Waals surface area contributed by atoms with Gasteiger partial charge in [-0.2, -0.15) is 0 Å². The van der Waals surface area contributed by atoms with Gasteiger partial charge < -0.3 is 4.42 Å². The summed E-state index contributed by atoms with van der Waals surface area (Å²) in [6.07, 6.45) is 3.41. The van der Waals surface area contributed by atoms with Crippen LogP contribution in [0.1, 0.15) is 11.3 Å². The standard InChI is InChI=1S/C18H13BNO4/c1-19-13-5-9-18-16(10-13)17(21)11-15(24-18)8-4-12-2-6-14(7-3-12)20(22)23/h2-11H,1H3/b8-4+. The number of non-ortho nitro benzene ring substituents is 1. The highest BCUT2D eigenvalue weighted by Crippen LogP contribution is 2.16. The smallest absolute Gasteiger partial charge is 0.269 e. The van der Waals surface area contributed by atoms with Crippen molar-refractivity contribution in [3.63, 3.8) is 0 Å². The Labute approximate surface area is 138 Å². The molecule has 0 aliphatic heterocycles. The van der Waals surface area contributed by atoms with Gasteiger partial charge in [0.15, 0.2) is 5.43 Å². The second-order valence-corrected chi connectivity index (χ2v) is 5.24. The molecular weight excluding hydrogens is 305 g/mol. The first-order valence-electron chi connectivity index (χ1n) is 7.36. The molecule has 0 fully saturated rings. The average Bonchev–Trinajstić information content (AvgIpc) is 2.60. The van der Waals surface area contributed by atoms with Crippen molar-refractivity contribution in [1.82, 2.24) is 0 Å². The van der Waals surface area contributed by atoms with Gasteiger partial charge in [-0.05, 0) is 29.8 Å². The Morgan fingerprint density at radius 1 is 1.08 bits per heavy atom. The van der Waals surface area contributed by atoms with Gasteiger partial charge in [0.1, 0.15) is 18.6 Å². The Morgan fingerprint density at radius 2 is 1.83 bits per heavy atom. The lowest BCUT2D eigenvalue weighted by Crippen LogP contribution is -2.12. The molecule has 0 aliphatic rings. The third-order valence-corrected chi connectivity index (χ3v) is 3.65. The summed E-state index contributed by atoms with van der Waals surface area (Å²) in [5.41, 5.74) is 2.19. The largest absolute Gasteiger partial charge is 0.456 e. The second kappa shape index (κ2) is 6.54. The number of nitrogens with zero attached hydrogens (tertiary/aromatic N) is 1. The number of nitro benzene ring substituents is 1. The average molecular weight is 318 g/mol. The molecule has 1 aromatic heterocycles. The lowest BCUT2D eigenvalue weighted by Gasteiger charge is -2.01. The maximum atomic E-state index is 12.2. The molecule has 0 amide bonds. The zero-order valence-electron chi connectivity index (χ0n) is 12.9. The van der Waals surface area contributed by atoms with Crippen LogP contribution in [0.4, 0.5) is 5.69 Å². The fourth-order valence-electron chi connectivity index (χ4n) is 2.34. The number of nitro groups is 1. The zero-order chi connectivity index (χ0) is 17.1. The molecule has 1 radical (unpaired) electrons. The maximum absolute atomic E-state index is 12.2. The van der Waals surface area contributed by atoms with Crippen molar-refractivity contribution in [2.45, 2.75) is 6.82 Å². The van der Waals surface area contributed by atoms with E-state index >= 15 is 0 Å². The van der Waals surface area contributed by atoms with Crippen molar-refractivity contribution in [3.8, 4) is 0 Å². The summed E-state index contributed by atoms with van der Waals surface area (Å²) in [6.45, 7) is 1.91. The predicted molar refractivity (Wildman–Crippen MR) is 95.8 cm³/mol. The molecule has 1 heterocycles. The van der Waals surface area contributed by atoms with Crippen LogP contribution in [0.3, 0.4) is 0 Å². The molecule has 3 aromatic rings.